The molecule has 2 N–H and O–H groups in total. The monoisotopic (exact) mass is 253 g/mol. The third-order valence-electron chi connectivity index (χ3n) is 2.26. The predicted molar refractivity (Wildman–Crippen MR) is 57.1 cm³/mol. The minimum Gasteiger partial charge on any atom is -0.504 e. The molecule has 7 heteroatoms. The molecule has 2 rings (SSSR count). The zero-order valence-electron chi connectivity index (χ0n) is 9.18. The Bertz CT molecular complexity index is 607. The average Bonchev–Trinajstić information content (AvgIpc) is 2.81. The number of phenols is 1. The molecule has 18 heavy (non-hydrogen) atoms. The molecule has 0 saturated heterocycles. The number of hydrogen-bond acceptors (Lipinski definition) is 5. The van der Waals surface area contributed by atoms with Gasteiger partial charge in [0.1, 0.15) is 11.5 Å². The number of aromatic nitrogens is 1. The summed E-state index contributed by atoms with van der Waals surface area (Å²) in [6.45, 7) is 0. The summed E-state index contributed by atoms with van der Waals surface area (Å²) < 4.78 is 22.6. The normalized spacial score (nSPS) is 10.3. The molecule has 0 bridgehead atoms. The number of aromatic hydroxyl groups is 1. The molecule has 0 aliphatic rings. The Morgan fingerprint density at radius 2 is 2.17 bits per heavy atom. The molecule has 0 saturated carbocycles. The van der Waals surface area contributed by atoms with Crippen LogP contribution in [0.15, 0.2) is 22.7 Å². The van der Waals surface area contributed by atoms with E-state index in [9.17, 15) is 14.3 Å². The molecule has 0 aliphatic carbocycles. The molecule has 94 valence electrons. The molecule has 0 fully saturated rings. The molecule has 6 nitrogen and oxygen atoms in total. The Balaban J connectivity index is 2.55. The van der Waals surface area contributed by atoms with Crippen molar-refractivity contribution >= 4 is 5.97 Å². The van der Waals surface area contributed by atoms with E-state index in [1.54, 1.807) is 0 Å². The molecule has 2 aromatic rings. The van der Waals surface area contributed by atoms with Crippen molar-refractivity contribution in [2.75, 3.05) is 7.11 Å². The molecular formula is C11H8FNO5. The van der Waals surface area contributed by atoms with Crippen molar-refractivity contribution in [3.63, 3.8) is 0 Å². The lowest BCUT2D eigenvalue weighted by Gasteiger charge is -2.06. The second-order valence-corrected chi connectivity index (χ2v) is 3.39. The van der Waals surface area contributed by atoms with Gasteiger partial charge in [-0.25, -0.2) is 9.18 Å². The van der Waals surface area contributed by atoms with E-state index in [2.05, 4.69) is 9.68 Å². The second kappa shape index (κ2) is 4.36. The summed E-state index contributed by atoms with van der Waals surface area (Å²) in [6.07, 6.45) is 0. The zero-order chi connectivity index (χ0) is 13.3. The number of halogens is 1. The Morgan fingerprint density at radius 1 is 1.44 bits per heavy atom. The van der Waals surface area contributed by atoms with Crippen LogP contribution < -0.4 is 4.74 Å². The molecule has 0 radical (unpaired) electrons. The van der Waals surface area contributed by atoms with Crippen molar-refractivity contribution in [2.24, 2.45) is 0 Å². The van der Waals surface area contributed by atoms with Gasteiger partial charge in [-0.1, -0.05) is 5.16 Å². The number of rotatable bonds is 3. The van der Waals surface area contributed by atoms with Crippen LogP contribution in [0.5, 0.6) is 11.5 Å². The van der Waals surface area contributed by atoms with Crippen molar-refractivity contribution < 1.29 is 28.7 Å². The summed E-state index contributed by atoms with van der Waals surface area (Å²) in [5.74, 6) is -2.79. The molecular weight excluding hydrogens is 245 g/mol. The lowest BCUT2D eigenvalue weighted by atomic mass is 10.1. The van der Waals surface area contributed by atoms with Gasteiger partial charge in [-0.05, 0) is 6.07 Å². The smallest absolute Gasteiger partial charge is 0.374 e. The van der Waals surface area contributed by atoms with Crippen LogP contribution in [0.3, 0.4) is 0 Å². The van der Waals surface area contributed by atoms with Crippen molar-refractivity contribution in [3.8, 4) is 22.8 Å². The number of nitrogens with zero attached hydrogens (tertiary/aromatic N) is 1. The van der Waals surface area contributed by atoms with Gasteiger partial charge in [-0.3, -0.25) is 0 Å². The lowest BCUT2D eigenvalue weighted by Crippen LogP contribution is -1.92. The minimum absolute atomic E-state index is 0.00250. The Morgan fingerprint density at radius 3 is 2.72 bits per heavy atom. The molecule has 0 atom stereocenters. The molecule has 1 heterocycles. The highest BCUT2D eigenvalue weighted by Gasteiger charge is 2.18. The molecule has 1 aromatic carbocycles. The average molecular weight is 253 g/mol. The van der Waals surface area contributed by atoms with Gasteiger partial charge in [-0.15, -0.1) is 0 Å². The number of benzene rings is 1. The lowest BCUT2D eigenvalue weighted by molar-refractivity contribution is 0.0652. The minimum atomic E-state index is -1.31. The van der Waals surface area contributed by atoms with E-state index in [-0.39, 0.29) is 22.8 Å². The van der Waals surface area contributed by atoms with Gasteiger partial charge < -0.3 is 19.5 Å². The zero-order valence-corrected chi connectivity index (χ0v) is 9.18. The number of carbonyl (C=O) groups is 1. The fraction of sp³-hybridized carbons (Fsp3) is 0.0909. The first-order valence-corrected chi connectivity index (χ1v) is 4.80. The van der Waals surface area contributed by atoms with Crippen molar-refractivity contribution in [1.82, 2.24) is 5.16 Å². The largest absolute Gasteiger partial charge is 0.504 e. The van der Waals surface area contributed by atoms with Crippen LogP contribution in [0.1, 0.15) is 10.6 Å². The summed E-state index contributed by atoms with van der Waals surface area (Å²) in [5.41, 5.74) is -0.00852. The van der Waals surface area contributed by atoms with E-state index in [1.807, 2.05) is 0 Å². The summed E-state index contributed by atoms with van der Waals surface area (Å²) >= 11 is 0. The molecule has 0 aliphatic heterocycles. The summed E-state index contributed by atoms with van der Waals surface area (Å²) in [7, 11) is 1.27. The molecule has 0 spiro atoms. The first kappa shape index (κ1) is 11.9. The number of carboxylic acids is 1. The second-order valence-electron chi connectivity index (χ2n) is 3.39. The maximum absolute atomic E-state index is 13.3. The van der Waals surface area contributed by atoms with E-state index in [0.717, 1.165) is 18.2 Å². The van der Waals surface area contributed by atoms with Crippen LogP contribution in [-0.2, 0) is 0 Å². The van der Waals surface area contributed by atoms with Crippen LogP contribution >= 0.6 is 0 Å². The number of methoxy groups -OCH3 is 1. The Hall–Kier alpha value is -2.57. The number of aromatic carboxylic acids is 1. The highest BCUT2D eigenvalue weighted by molar-refractivity contribution is 5.86. The maximum atomic E-state index is 13.3. The fourth-order valence-electron chi connectivity index (χ4n) is 1.43. The quantitative estimate of drug-likeness (QED) is 0.867. The predicted octanol–water partition coefficient (Wildman–Crippen LogP) is 1.89. The highest BCUT2D eigenvalue weighted by Crippen LogP contribution is 2.37. The number of carboxylic acid groups (broad SMARTS) is 1. The topological polar surface area (TPSA) is 92.8 Å². The number of hydrogen-bond donors (Lipinski definition) is 2. The van der Waals surface area contributed by atoms with Gasteiger partial charge in [0.05, 0.1) is 12.7 Å². The van der Waals surface area contributed by atoms with Gasteiger partial charge >= 0.3 is 5.97 Å². The van der Waals surface area contributed by atoms with Gasteiger partial charge in [0, 0.05) is 12.1 Å². The Labute approximate surface area is 100 Å². The third-order valence-corrected chi connectivity index (χ3v) is 2.26. The van der Waals surface area contributed by atoms with Gasteiger partial charge in [-0.2, -0.15) is 0 Å². The first-order valence-electron chi connectivity index (χ1n) is 4.80. The van der Waals surface area contributed by atoms with Gasteiger partial charge in [0.25, 0.3) is 0 Å². The van der Waals surface area contributed by atoms with E-state index < -0.39 is 17.5 Å². The van der Waals surface area contributed by atoms with Gasteiger partial charge in [0.2, 0.25) is 5.76 Å². The van der Waals surface area contributed by atoms with Crippen LogP contribution in [0, 0.1) is 5.82 Å². The van der Waals surface area contributed by atoms with Crippen LogP contribution in [0.2, 0.25) is 0 Å². The number of phenolic OH excluding ortho intramolecular Hbond substituents is 1. The van der Waals surface area contributed by atoms with Gasteiger partial charge in [0.15, 0.2) is 11.5 Å². The van der Waals surface area contributed by atoms with E-state index >= 15 is 0 Å². The molecule has 0 unspecified atom stereocenters. The third kappa shape index (κ3) is 1.97. The summed E-state index contributed by atoms with van der Waals surface area (Å²) in [6, 6.07) is 3.08. The number of ether oxygens (including phenoxy) is 1. The van der Waals surface area contributed by atoms with E-state index in [0.29, 0.717) is 0 Å². The standard InChI is InChI=1S/C11H8FNO5/c1-17-8-3-5(12)2-6(10(8)14)7-4-9(11(15)16)18-13-7/h2-4,14H,1H3,(H,15,16). The van der Waals surface area contributed by atoms with Crippen molar-refractivity contribution in [1.29, 1.82) is 0 Å². The molecule has 0 amide bonds. The molecule has 1 aromatic heterocycles. The van der Waals surface area contributed by atoms with Crippen LogP contribution in [0.4, 0.5) is 4.39 Å². The fourth-order valence-corrected chi connectivity index (χ4v) is 1.43. The highest BCUT2D eigenvalue weighted by atomic mass is 19.1. The SMILES string of the molecule is COc1cc(F)cc(-c2cc(C(=O)O)on2)c1O. The van der Waals surface area contributed by atoms with Crippen LogP contribution in [0.25, 0.3) is 11.3 Å². The van der Waals surface area contributed by atoms with E-state index in [1.165, 1.54) is 7.11 Å². The van der Waals surface area contributed by atoms with Crippen molar-refractivity contribution in [2.45, 2.75) is 0 Å². The maximum Gasteiger partial charge on any atom is 0.374 e. The Kier molecular flexibility index (Phi) is 2.88. The summed E-state index contributed by atoms with van der Waals surface area (Å²) in [5, 5.41) is 21.9. The first-order chi connectivity index (χ1) is 8.52. The van der Waals surface area contributed by atoms with Crippen molar-refractivity contribution in [3.05, 3.63) is 29.8 Å². The van der Waals surface area contributed by atoms with Crippen LogP contribution in [-0.4, -0.2) is 28.4 Å². The summed E-state index contributed by atoms with van der Waals surface area (Å²) in [4.78, 5) is 10.6. The van der Waals surface area contributed by atoms with E-state index in [4.69, 9.17) is 9.84 Å².